The number of nitrogens with one attached hydrogen (secondary N) is 2. The number of methoxy groups -OCH3 is 1. The summed E-state index contributed by atoms with van der Waals surface area (Å²) in [6.45, 7) is 4.11. The number of benzene rings is 4. The number of fused-ring (bicyclic) bond motifs is 1. The van der Waals surface area contributed by atoms with Crippen molar-refractivity contribution in [2.24, 2.45) is 5.41 Å². The summed E-state index contributed by atoms with van der Waals surface area (Å²) < 4.78 is 5.27. The molecule has 0 radical (unpaired) electrons. The van der Waals surface area contributed by atoms with E-state index in [4.69, 9.17) is 4.74 Å². The molecule has 0 aromatic heterocycles. The SMILES string of the molecule is COc1ccc(CN2CCC3(CCN(CCC(NC(=O)Nc4cccc5ccccc45)c4ccccc4)CC3)C2=O)cc1. The Labute approximate surface area is 253 Å². The highest BCUT2D eigenvalue weighted by Crippen LogP contribution is 2.42. The molecule has 1 unspecified atom stereocenters. The highest BCUT2D eigenvalue weighted by molar-refractivity contribution is 6.01. The molecule has 0 aliphatic carbocycles. The minimum absolute atomic E-state index is 0.125. The molecule has 1 atom stereocenters. The van der Waals surface area contributed by atoms with Gasteiger partial charge in [-0.1, -0.05) is 78.9 Å². The first-order valence-electron chi connectivity index (χ1n) is 15.3. The van der Waals surface area contributed by atoms with E-state index in [1.807, 2.05) is 89.8 Å². The van der Waals surface area contributed by atoms with E-state index in [1.54, 1.807) is 7.11 Å². The molecule has 2 saturated heterocycles. The summed E-state index contributed by atoms with van der Waals surface area (Å²) >= 11 is 0. The third kappa shape index (κ3) is 6.52. The molecule has 4 aromatic carbocycles. The van der Waals surface area contributed by atoms with Crippen LogP contribution in [0.2, 0.25) is 0 Å². The second-order valence-electron chi connectivity index (χ2n) is 11.8. The molecule has 2 aliphatic heterocycles. The average molecular weight is 577 g/mol. The van der Waals surface area contributed by atoms with Gasteiger partial charge in [0.2, 0.25) is 5.91 Å². The van der Waals surface area contributed by atoms with Crippen molar-refractivity contribution in [2.75, 3.05) is 38.6 Å². The van der Waals surface area contributed by atoms with Crippen molar-refractivity contribution in [3.8, 4) is 5.75 Å². The largest absolute Gasteiger partial charge is 0.497 e. The quantitative estimate of drug-likeness (QED) is 0.235. The van der Waals surface area contributed by atoms with E-state index >= 15 is 0 Å². The molecule has 6 rings (SSSR count). The molecule has 2 N–H and O–H groups in total. The van der Waals surface area contributed by atoms with E-state index in [-0.39, 0.29) is 17.5 Å². The fraction of sp³-hybridized carbons (Fsp3) is 0.333. The van der Waals surface area contributed by atoms with Crippen LogP contribution in [-0.2, 0) is 11.3 Å². The Hall–Kier alpha value is -4.36. The van der Waals surface area contributed by atoms with Gasteiger partial charge in [0.15, 0.2) is 0 Å². The third-order valence-corrected chi connectivity index (χ3v) is 9.23. The number of hydrogen-bond donors (Lipinski definition) is 2. The van der Waals surface area contributed by atoms with Gasteiger partial charge >= 0.3 is 6.03 Å². The van der Waals surface area contributed by atoms with Gasteiger partial charge in [-0.15, -0.1) is 0 Å². The predicted molar refractivity (Wildman–Crippen MR) is 171 cm³/mol. The Kier molecular flexibility index (Phi) is 8.61. The zero-order valence-corrected chi connectivity index (χ0v) is 24.8. The molecule has 2 heterocycles. The van der Waals surface area contributed by atoms with Crippen molar-refractivity contribution in [1.29, 1.82) is 0 Å². The molecule has 0 bridgehead atoms. The smallest absolute Gasteiger partial charge is 0.319 e. The maximum atomic E-state index is 13.5. The van der Waals surface area contributed by atoms with Crippen LogP contribution >= 0.6 is 0 Å². The predicted octanol–water partition coefficient (Wildman–Crippen LogP) is 6.62. The number of piperidine rings is 1. The summed E-state index contributed by atoms with van der Waals surface area (Å²) in [4.78, 5) is 31.2. The highest BCUT2D eigenvalue weighted by atomic mass is 16.5. The van der Waals surface area contributed by atoms with Crippen molar-refractivity contribution in [1.82, 2.24) is 15.1 Å². The van der Waals surface area contributed by atoms with Crippen LogP contribution in [0.1, 0.15) is 42.9 Å². The minimum atomic E-state index is -0.238. The first-order valence-corrected chi connectivity index (χ1v) is 15.3. The first kappa shape index (κ1) is 28.7. The van der Waals surface area contributed by atoms with Gasteiger partial charge in [-0.05, 0) is 73.5 Å². The van der Waals surface area contributed by atoms with Crippen LogP contribution in [0.15, 0.2) is 97.1 Å². The molecule has 2 fully saturated rings. The molecule has 7 heteroatoms. The number of nitrogens with zero attached hydrogens (tertiary/aromatic N) is 2. The number of carbonyl (C=O) groups is 2. The normalized spacial score (nSPS) is 17.2. The van der Waals surface area contributed by atoms with Gasteiger partial charge in [0.1, 0.15) is 5.75 Å². The Morgan fingerprint density at radius 1 is 0.860 bits per heavy atom. The van der Waals surface area contributed by atoms with Gasteiger partial charge in [0.25, 0.3) is 0 Å². The Bertz CT molecular complexity index is 1540. The van der Waals surface area contributed by atoms with Crippen molar-refractivity contribution in [3.63, 3.8) is 0 Å². The molecule has 222 valence electrons. The lowest BCUT2D eigenvalue weighted by molar-refractivity contribution is -0.138. The van der Waals surface area contributed by atoms with E-state index in [0.29, 0.717) is 12.5 Å². The van der Waals surface area contributed by atoms with Crippen molar-refractivity contribution in [3.05, 3.63) is 108 Å². The van der Waals surface area contributed by atoms with Crippen LogP contribution in [0.3, 0.4) is 0 Å². The maximum Gasteiger partial charge on any atom is 0.319 e. The summed E-state index contributed by atoms with van der Waals surface area (Å²) in [7, 11) is 1.66. The summed E-state index contributed by atoms with van der Waals surface area (Å²) in [5.41, 5.74) is 2.78. The summed E-state index contributed by atoms with van der Waals surface area (Å²) in [6.07, 6.45) is 3.49. The van der Waals surface area contributed by atoms with Crippen LogP contribution in [0.25, 0.3) is 10.8 Å². The number of hydrogen-bond acceptors (Lipinski definition) is 4. The van der Waals surface area contributed by atoms with Crippen LogP contribution in [0, 0.1) is 5.41 Å². The molecule has 3 amide bonds. The molecular formula is C36H40N4O3. The van der Waals surface area contributed by atoms with Gasteiger partial charge in [0.05, 0.1) is 24.3 Å². The highest BCUT2D eigenvalue weighted by Gasteiger charge is 2.47. The molecule has 0 saturated carbocycles. The lowest BCUT2D eigenvalue weighted by Gasteiger charge is -2.38. The molecule has 7 nitrogen and oxygen atoms in total. The zero-order chi connectivity index (χ0) is 29.6. The zero-order valence-electron chi connectivity index (χ0n) is 24.8. The summed E-state index contributed by atoms with van der Waals surface area (Å²) in [6, 6.07) is 31.8. The monoisotopic (exact) mass is 576 g/mol. The number of ether oxygens (including phenoxy) is 1. The van der Waals surface area contributed by atoms with Crippen LogP contribution in [0.5, 0.6) is 5.75 Å². The number of carbonyl (C=O) groups excluding carboxylic acids is 2. The fourth-order valence-corrected chi connectivity index (χ4v) is 6.63. The average Bonchev–Trinajstić information content (AvgIpc) is 3.34. The standard InChI is InChI=1S/C36H40N4O3/c1-43-30-16-14-27(15-17-30)26-40-25-21-36(34(40)41)19-23-39(24-20-36)22-18-32(29-9-3-2-4-10-29)37-35(42)38-33-13-7-11-28-8-5-6-12-31(28)33/h2-17,32H,18-26H2,1H3,(H2,37,38,42). The van der Waals surface area contributed by atoms with Crippen LogP contribution in [0.4, 0.5) is 10.5 Å². The van der Waals surface area contributed by atoms with Gasteiger partial charge in [-0.25, -0.2) is 4.79 Å². The lowest BCUT2D eigenvalue weighted by atomic mass is 9.77. The maximum absolute atomic E-state index is 13.5. The lowest BCUT2D eigenvalue weighted by Crippen LogP contribution is -2.45. The summed E-state index contributed by atoms with van der Waals surface area (Å²) in [5, 5.41) is 8.42. The number of urea groups is 1. The second kappa shape index (κ2) is 12.9. The number of anilines is 1. The second-order valence-corrected chi connectivity index (χ2v) is 11.8. The number of likely N-dealkylation sites (tertiary alicyclic amines) is 2. The van der Waals surface area contributed by atoms with E-state index < -0.39 is 0 Å². The van der Waals surface area contributed by atoms with E-state index in [1.165, 1.54) is 0 Å². The van der Waals surface area contributed by atoms with E-state index in [9.17, 15) is 9.59 Å². The van der Waals surface area contributed by atoms with Crippen molar-refractivity contribution < 1.29 is 14.3 Å². The molecule has 2 aliphatic rings. The Morgan fingerprint density at radius 3 is 2.33 bits per heavy atom. The summed E-state index contributed by atoms with van der Waals surface area (Å²) in [5.74, 6) is 1.13. The van der Waals surface area contributed by atoms with E-state index in [2.05, 4.69) is 27.7 Å². The third-order valence-electron chi connectivity index (χ3n) is 9.23. The fourth-order valence-electron chi connectivity index (χ4n) is 6.63. The molecule has 4 aromatic rings. The Balaban J connectivity index is 1.04. The van der Waals surface area contributed by atoms with Gasteiger partial charge < -0.3 is 25.2 Å². The van der Waals surface area contributed by atoms with Crippen LogP contribution in [-0.4, -0.2) is 55.0 Å². The first-order chi connectivity index (χ1) is 21.0. The topological polar surface area (TPSA) is 73.9 Å². The van der Waals surface area contributed by atoms with Crippen molar-refractivity contribution in [2.45, 2.75) is 38.3 Å². The number of amides is 3. The van der Waals surface area contributed by atoms with Gasteiger partial charge in [-0.2, -0.15) is 0 Å². The van der Waals surface area contributed by atoms with Crippen molar-refractivity contribution >= 4 is 28.4 Å². The van der Waals surface area contributed by atoms with E-state index in [0.717, 1.165) is 85.2 Å². The Morgan fingerprint density at radius 2 is 1.56 bits per heavy atom. The number of rotatable bonds is 9. The van der Waals surface area contributed by atoms with Gasteiger partial charge in [-0.3, -0.25) is 4.79 Å². The van der Waals surface area contributed by atoms with Crippen LogP contribution < -0.4 is 15.4 Å². The van der Waals surface area contributed by atoms with Gasteiger partial charge in [0, 0.05) is 25.0 Å². The molecular weight excluding hydrogens is 536 g/mol. The molecule has 43 heavy (non-hydrogen) atoms. The molecule has 1 spiro atoms. The minimum Gasteiger partial charge on any atom is -0.497 e.